The number of rotatable bonds is 17. The second-order valence-corrected chi connectivity index (χ2v) is 14.6. The normalized spacial score (nSPS) is 18.0. The van der Waals surface area contributed by atoms with E-state index in [1.54, 1.807) is 37.4 Å². The molecule has 4 aromatic rings. The molecule has 6 amide bonds. The van der Waals surface area contributed by atoms with E-state index in [4.69, 9.17) is 15.1 Å². The number of anilines is 3. The smallest absolute Gasteiger partial charge is 0.264 e. The van der Waals surface area contributed by atoms with Crippen molar-refractivity contribution < 1.29 is 33.5 Å². The quantitative estimate of drug-likeness (QED) is 0.0467. The van der Waals surface area contributed by atoms with Crippen molar-refractivity contribution in [1.82, 2.24) is 30.4 Å². The third-order valence-electron chi connectivity index (χ3n) is 10.6. The SMILES string of the molecule is CNc1ccc(C(=O)Nc2ccc3nc(CN4CCC(CCNC(=O)CCOCCNc5cccc6c5C(=O)N(C5CCC(=O)NC5=O)C6=O)C4)[nH]c3c2)cc1C=N. The fourth-order valence-corrected chi connectivity index (χ4v) is 7.66. The van der Waals surface area contributed by atoms with Crippen molar-refractivity contribution in [2.75, 3.05) is 62.4 Å². The summed E-state index contributed by atoms with van der Waals surface area (Å²) in [6, 6.07) is 14.6. The Labute approximate surface area is 334 Å². The molecule has 2 fully saturated rings. The highest BCUT2D eigenvalue weighted by atomic mass is 16.5. The first-order valence-electron chi connectivity index (χ1n) is 19.4. The Kier molecular flexibility index (Phi) is 12.2. The minimum atomic E-state index is -1.03. The maximum Gasteiger partial charge on any atom is 0.264 e. The average Bonchev–Trinajstić information content (AvgIpc) is 3.91. The average molecular weight is 791 g/mol. The molecule has 3 aliphatic rings. The van der Waals surface area contributed by atoms with Crippen LogP contribution in [0.25, 0.3) is 11.0 Å². The van der Waals surface area contributed by atoms with E-state index in [2.05, 4.69) is 36.5 Å². The molecule has 0 bridgehead atoms. The first-order valence-corrected chi connectivity index (χ1v) is 19.4. The third-order valence-corrected chi connectivity index (χ3v) is 10.6. The van der Waals surface area contributed by atoms with Crippen molar-refractivity contribution in [2.24, 2.45) is 5.92 Å². The number of piperidine rings is 1. The lowest BCUT2D eigenvalue weighted by Crippen LogP contribution is -2.54. The minimum absolute atomic E-state index is 0.0494. The first kappa shape index (κ1) is 39.8. The van der Waals surface area contributed by atoms with E-state index in [1.165, 1.54) is 12.3 Å². The largest absolute Gasteiger partial charge is 0.388 e. The molecule has 2 unspecified atom stereocenters. The van der Waals surface area contributed by atoms with E-state index in [-0.39, 0.29) is 55.4 Å². The zero-order chi connectivity index (χ0) is 40.8. The first-order chi connectivity index (χ1) is 28.1. The number of amides is 6. The minimum Gasteiger partial charge on any atom is -0.388 e. The molecule has 3 aliphatic heterocycles. The number of nitrogens with one attached hydrogen (secondary N) is 7. The number of carbonyl (C=O) groups excluding carboxylic acids is 6. The summed E-state index contributed by atoms with van der Waals surface area (Å²) in [6.07, 6.45) is 3.44. The lowest BCUT2D eigenvalue weighted by molar-refractivity contribution is -0.136. The van der Waals surface area contributed by atoms with Gasteiger partial charge >= 0.3 is 0 Å². The Morgan fingerprint density at radius 2 is 1.86 bits per heavy atom. The molecular weight excluding hydrogens is 745 g/mol. The van der Waals surface area contributed by atoms with Crippen LogP contribution < -0.4 is 26.6 Å². The van der Waals surface area contributed by atoms with Crippen LogP contribution in [-0.2, 0) is 25.7 Å². The number of likely N-dealkylation sites (tertiary alicyclic amines) is 1. The predicted octanol–water partition coefficient (Wildman–Crippen LogP) is 3.10. The molecule has 3 aromatic carbocycles. The summed E-state index contributed by atoms with van der Waals surface area (Å²) in [6.45, 7) is 3.87. The van der Waals surface area contributed by atoms with E-state index >= 15 is 0 Å². The van der Waals surface area contributed by atoms with Crippen LogP contribution in [0.2, 0.25) is 0 Å². The van der Waals surface area contributed by atoms with Gasteiger partial charge in [0.1, 0.15) is 11.9 Å². The number of benzene rings is 3. The molecule has 0 aliphatic carbocycles. The summed E-state index contributed by atoms with van der Waals surface area (Å²) in [5, 5.41) is 21.9. The summed E-state index contributed by atoms with van der Waals surface area (Å²) < 4.78 is 5.65. The molecule has 302 valence electrons. The second kappa shape index (κ2) is 17.8. The van der Waals surface area contributed by atoms with Gasteiger partial charge in [0.25, 0.3) is 17.7 Å². The Morgan fingerprint density at radius 3 is 2.67 bits per heavy atom. The van der Waals surface area contributed by atoms with Gasteiger partial charge in [0, 0.05) is 73.9 Å². The summed E-state index contributed by atoms with van der Waals surface area (Å²) in [7, 11) is 1.77. The topological polar surface area (TPSA) is 231 Å². The van der Waals surface area contributed by atoms with Crippen LogP contribution in [0, 0.1) is 11.3 Å². The molecule has 7 N–H and O–H groups in total. The Hall–Kier alpha value is -6.46. The van der Waals surface area contributed by atoms with Crippen molar-refractivity contribution in [2.45, 2.75) is 44.7 Å². The van der Waals surface area contributed by atoms with Gasteiger partial charge in [-0.1, -0.05) is 6.07 Å². The van der Waals surface area contributed by atoms with Gasteiger partial charge in [-0.2, -0.15) is 0 Å². The highest BCUT2D eigenvalue weighted by Gasteiger charge is 2.45. The molecule has 58 heavy (non-hydrogen) atoms. The van der Waals surface area contributed by atoms with E-state index < -0.39 is 29.7 Å². The Morgan fingerprint density at radius 1 is 1.00 bits per heavy atom. The van der Waals surface area contributed by atoms with Gasteiger partial charge in [-0.25, -0.2) is 4.98 Å². The molecular formula is C41H46N10O7. The summed E-state index contributed by atoms with van der Waals surface area (Å²) in [5.41, 5.74) is 4.95. The maximum absolute atomic E-state index is 13.3. The predicted molar refractivity (Wildman–Crippen MR) is 216 cm³/mol. The molecule has 0 spiro atoms. The number of aromatic nitrogens is 2. The number of hydrogen-bond acceptors (Lipinski definition) is 12. The number of aromatic amines is 1. The van der Waals surface area contributed by atoms with E-state index in [0.29, 0.717) is 48.1 Å². The van der Waals surface area contributed by atoms with E-state index in [0.717, 1.165) is 53.4 Å². The van der Waals surface area contributed by atoms with E-state index in [9.17, 15) is 28.8 Å². The Balaban J connectivity index is 0.782. The van der Waals surface area contributed by atoms with Gasteiger partial charge in [-0.05, 0) is 80.3 Å². The van der Waals surface area contributed by atoms with Crippen LogP contribution in [0.4, 0.5) is 17.1 Å². The fraction of sp³-hybridized carbons (Fsp3) is 0.366. The maximum atomic E-state index is 13.3. The third kappa shape index (κ3) is 8.90. The molecule has 1 aromatic heterocycles. The van der Waals surface area contributed by atoms with Gasteiger partial charge < -0.3 is 36.4 Å². The van der Waals surface area contributed by atoms with Crippen molar-refractivity contribution in [1.29, 1.82) is 5.41 Å². The zero-order valence-corrected chi connectivity index (χ0v) is 32.1. The standard InChI is InChI=1S/C41H46N10O7/c1-43-29-7-5-25(19-26(29)21-42)38(54)46-27-6-8-30-32(20-27)48-34(47-30)23-50-16-12-24(22-50)11-14-45-35(52)13-17-58-18-15-44-31-4-2-3-28-37(31)41(57)51(40(28)56)33-9-10-36(53)49-39(33)55/h2-8,19-21,24,33,42-44H,9-18,22-23H2,1H3,(H,45,52)(H,46,54)(H,47,48)(H,49,53,55). The number of H-pyrrole nitrogens is 1. The fourth-order valence-electron chi connectivity index (χ4n) is 7.66. The number of nitrogens with zero attached hydrogens (tertiary/aromatic N) is 3. The van der Waals surface area contributed by atoms with Gasteiger partial charge in [-0.3, -0.25) is 43.9 Å². The molecule has 2 atom stereocenters. The van der Waals surface area contributed by atoms with Crippen LogP contribution in [0.5, 0.6) is 0 Å². The van der Waals surface area contributed by atoms with Crippen LogP contribution in [0.3, 0.4) is 0 Å². The lowest BCUT2D eigenvalue weighted by Gasteiger charge is -2.27. The lowest BCUT2D eigenvalue weighted by atomic mass is 10.0. The molecule has 4 heterocycles. The monoisotopic (exact) mass is 790 g/mol. The van der Waals surface area contributed by atoms with Crippen molar-refractivity contribution in [3.63, 3.8) is 0 Å². The molecule has 7 rings (SSSR count). The number of imide groups is 2. The number of carbonyl (C=O) groups is 6. The van der Waals surface area contributed by atoms with Crippen LogP contribution in [0.1, 0.15) is 74.6 Å². The molecule has 17 nitrogen and oxygen atoms in total. The van der Waals surface area contributed by atoms with Crippen LogP contribution in [0.15, 0.2) is 54.6 Å². The molecule has 2 saturated heterocycles. The summed E-state index contributed by atoms with van der Waals surface area (Å²) in [5.74, 6) is -1.31. The number of hydrogen-bond donors (Lipinski definition) is 7. The van der Waals surface area contributed by atoms with Gasteiger partial charge in [0.15, 0.2) is 0 Å². The van der Waals surface area contributed by atoms with E-state index in [1.807, 2.05) is 18.2 Å². The van der Waals surface area contributed by atoms with Gasteiger partial charge in [-0.15, -0.1) is 0 Å². The summed E-state index contributed by atoms with van der Waals surface area (Å²) >= 11 is 0. The van der Waals surface area contributed by atoms with Crippen molar-refractivity contribution >= 4 is 69.8 Å². The second-order valence-electron chi connectivity index (χ2n) is 14.6. The van der Waals surface area contributed by atoms with Crippen molar-refractivity contribution in [3.8, 4) is 0 Å². The van der Waals surface area contributed by atoms with Gasteiger partial charge in [0.05, 0.1) is 41.9 Å². The summed E-state index contributed by atoms with van der Waals surface area (Å²) in [4.78, 5) is 87.0. The molecule has 0 radical (unpaired) electrons. The molecule has 0 saturated carbocycles. The number of imidazole rings is 1. The zero-order valence-electron chi connectivity index (χ0n) is 32.1. The van der Waals surface area contributed by atoms with Crippen LogP contribution >= 0.6 is 0 Å². The number of fused-ring (bicyclic) bond motifs is 2. The van der Waals surface area contributed by atoms with Gasteiger partial charge in [0.2, 0.25) is 17.7 Å². The number of ether oxygens (including phenoxy) is 1. The molecule has 17 heteroatoms. The van der Waals surface area contributed by atoms with Crippen LogP contribution in [-0.4, -0.2) is 114 Å². The highest BCUT2D eigenvalue weighted by Crippen LogP contribution is 2.32. The Bertz CT molecular complexity index is 2270. The van der Waals surface area contributed by atoms with Crippen molar-refractivity contribution in [3.05, 3.63) is 82.7 Å². The highest BCUT2D eigenvalue weighted by molar-refractivity contribution is 6.25.